The van der Waals surface area contributed by atoms with Crippen molar-refractivity contribution in [2.24, 2.45) is 0 Å². The van der Waals surface area contributed by atoms with Gasteiger partial charge in [0.2, 0.25) is 0 Å². The molecule has 0 aliphatic heterocycles. The molecule has 0 radical (unpaired) electrons. The van der Waals surface area contributed by atoms with Crippen molar-refractivity contribution in [1.82, 2.24) is 0 Å². The summed E-state index contributed by atoms with van der Waals surface area (Å²) in [5.41, 5.74) is 0.980. The van der Waals surface area contributed by atoms with E-state index in [1.54, 1.807) is 6.07 Å². The van der Waals surface area contributed by atoms with Gasteiger partial charge >= 0.3 is 17.9 Å². The van der Waals surface area contributed by atoms with Crippen LogP contribution in [-0.4, -0.2) is 34.7 Å². The van der Waals surface area contributed by atoms with E-state index in [4.69, 9.17) is 4.74 Å². The molecule has 0 bridgehead atoms. The van der Waals surface area contributed by atoms with Crippen LogP contribution in [-0.2, 0) is 22.4 Å². The Hall–Kier alpha value is -2.63. The van der Waals surface area contributed by atoms with Crippen molar-refractivity contribution < 1.29 is 29.3 Å². The lowest BCUT2D eigenvalue weighted by Crippen LogP contribution is -2.16. The maximum atomic E-state index is 11.7. The van der Waals surface area contributed by atoms with Gasteiger partial charge in [-0.25, -0.2) is 14.4 Å². The second-order valence-corrected chi connectivity index (χ2v) is 6.21. The molecular formula is C20H26O6. The molecule has 0 spiro atoms. The normalized spacial score (nSPS) is 10.4. The zero-order chi connectivity index (χ0) is 19.7. The highest BCUT2D eigenvalue weighted by Crippen LogP contribution is 2.23. The van der Waals surface area contributed by atoms with Crippen LogP contribution in [0.5, 0.6) is 0 Å². The topological polar surface area (TPSA) is 101 Å². The van der Waals surface area contributed by atoms with Crippen LogP contribution in [0.2, 0.25) is 0 Å². The number of hydrogen-bond donors (Lipinski definition) is 2. The number of carboxylic acids is 2. The summed E-state index contributed by atoms with van der Waals surface area (Å²) in [5, 5.41) is 18.8. The number of carboxylic acid groups (broad SMARTS) is 2. The fourth-order valence-corrected chi connectivity index (χ4v) is 2.74. The Balaban J connectivity index is 3.13. The number of esters is 1. The third-order valence-corrected chi connectivity index (χ3v) is 4.09. The van der Waals surface area contributed by atoms with Crippen LogP contribution in [0.1, 0.15) is 71.4 Å². The molecule has 0 heterocycles. The van der Waals surface area contributed by atoms with E-state index in [2.05, 4.69) is 13.5 Å². The molecule has 0 aromatic heterocycles. The minimum Gasteiger partial charge on any atom is -0.478 e. The number of carbonyl (C=O) groups is 3. The number of rotatable bonds is 11. The van der Waals surface area contributed by atoms with Crippen molar-refractivity contribution >= 4 is 17.9 Å². The van der Waals surface area contributed by atoms with Gasteiger partial charge in [-0.3, -0.25) is 0 Å². The first kappa shape index (κ1) is 21.4. The van der Waals surface area contributed by atoms with Gasteiger partial charge in [-0.2, -0.15) is 0 Å². The van der Waals surface area contributed by atoms with Gasteiger partial charge in [-0.1, -0.05) is 38.8 Å². The fraction of sp³-hybridized carbons (Fsp3) is 0.450. The van der Waals surface area contributed by atoms with E-state index >= 15 is 0 Å². The zero-order valence-electron chi connectivity index (χ0n) is 15.3. The van der Waals surface area contributed by atoms with E-state index in [9.17, 15) is 24.6 Å². The molecule has 1 aromatic rings. The summed E-state index contributed by atoms with van der Waals surface area (Å²) in [5.74, 6) is -3.14. The van der Waals surface area contributed by atoms with Gasteiger partial charge in [-0.05, 0) is 37.0 Å². The monoisotopic (exact) mass is 362 g/mol. The average molecular weight is 362 g/mol. The van der Waals surface area contributed by atoms with Crippen LogP contribution in [0.25, 0.3) is 0 Å². The molecule has 0 aliphatic rings. The van der Waals surface area contributed by atoms with Gasteiger partial charge in [0, 0.05) is 12.0 Å². The number of carbonyl (C=O) groups excluding carboxylic acids is 1. The molecule has 1 aromatic carbocycles. The summed E-state index contributed by atoms with van der Waals surface area (Å²) in [6, 6.07) is 3.00. The van der Waals surface area contributed by atoms with Crippen LogP contribution in [0, 0.1) is 0 Å². The predicted molar refractivity (Wildman–Crippen MR) is 97.7 cm³/mol. The zero-order valence-corrected chi connectivity index (χ0v) is 15.3. The number of benzene rings is 1. The molecule has 0 aliphatic carbocycles. The molecule has 0 saturated heterocycles. The molecule has 26 heavy (non-hydrogen) atoms. The minimum atomic E-state index is -1.29. The molecule has 0 unspecified atom stereocenters. The SMILES string of the molecule is C=C(C)C(=O)OCCc1c(CCCCCC)ccc(C(=O)O)c1C(=O)O. The molecular weight excluding hydrogens is 336 g/mol. The largest absolute Gasteiger partial charge is 0.478 e. The number of unbranched alkanes of at least 4 members (excludes halogenated alkanes) is 3. The predicted octanol–water partition coefficient (Wildman–Crippen LogP) is 3.87. The third-order valence-electron chi connectivity index (χ3n) is 4.09. The van der Waals surface area contributed by atoms with Crippen LogP contribution in [0.4, 0.5) is 0 Å². The van der Waals surface area contributed by atoms with Gasteiger partial charge in [0.25, 0.3) is 0 Å². The summed E-state index contributed by atoms with van der Waals surface area (Å²) >= 11 is 0. The second kappa shape index (κ2) is 10.4. The molecule has 0 amide bonds. The summed E-state index contributed by atoms with van der Waals surface area (Å²) in [6.45, 7) is 7.09. The molecule has 0 fully saturated rings. The number of ether oxygens (including phenoxy) is 1. The van der Waals surface area contributed by atoms with Crippen LogP contribution < -0.4 is 0 Å². The summed E-state index contributed by atoms with van der Waals surface area (Å²) in [6.07, 6.45) is 4.88. The van der Waals surface area contributed by atoms with E-state index < -0.39 is 17.9 Å². The maximum Gasteiger partial charge on any atom is 0.336 e. The van der Waals surface area contributed by atoms with E-state index in [0.717, 1.165) is 31.2 Å². The van der Waals surface area contributed by atoms with E-state index in [1.165, 1.54) is 13.0 Å². The average Bonchev–Trinajstić information content (AvgIpc) is 2.58. The highest BCUT2D eigenvalue weighted by molar-refractivity contribution is 6.03. The van der Waals surface area contributed by atoms with Gasteiger partial charge < -0.3 is 14.9 Å². The summed E-state index contributed by atoms with van der Waals surface area (Å²) < 4.78 is 5.06. The van der Waals surface area contributed by atoms with Crippen LogP contribution in [0.15, 0.2) is 24.3 Å². The third kappa shape index (κ3) is 6.02. The van der Waals surface area contributed by atoms with Crippen molar-refractivity contribution in [1.29, 1.82) is 0 Å². The van der Waals surface area contributed by atoms with Crippen molar-refractivity contribution in [2.45, 2.75) is 52.4 Å². The number of hydrogen-bond acceptors (Lipinski definition) is 4. The number of aryl methyl sites for hydroxylation is 1. The van der Waals surface area contributed by atoms with Crippen molar-refractivity contribution in [3.63, 3.8) is 0 Å². The summed E-state index contributed by atoms with van der Waals surface area (Å²) in [7, 11) is 0. The lowest BCUT2D eigenvalue weighted by molar-refractivity contribution is -0.138. The Morgan fingerprint density at radius 2 is 1.73 bits per heavy atom. The molecule has 0 atom stereocenters. The first-order valence-electron chi connectivity index (χ1n) is 8.73. The van der Waals surface area contributed by atoms with E-state index in [0.29, 0.717) is 12.0 Å². The Kier molecular flexibility index (Phi) is 8.55. The molecule has 1 rings (SSSR count). The van der Waals surface area contributed by atoms with E-state index in [1.807, 2.05) is 0 Å². The molecule has 2 N–H and O–H groups in total. The van der Waals surface area contributed by atoms with Crippen molar-refractivity contribution in [3.05, 3.63) is 46.5 Å². The first-order valence-corrected chi connectivity index (χ1v) is 8.73. The standard InChI is InChI=1S/C20H26O6/c1-4-5-6-7-8-14-9-10-16(18(21)22)17(19(23)24)15(14)11-12-26-20(25)13(2)3/h9-10H,2,4-8,11-12H2,1,3H3,(H,21,22)(H,23,24). The molecule has 142 valence electrons. The van der Waals surface area contributed by atoms with Crippen LogP contribution in [0.3, 0.4) is 0 Å². The second-order valence-electron chi connectivity index (χ2n) is 6.21. The fourth-order valence-electron chi connectivity index (χ4n) is 2.74. The van der Waals surface area contributed by atoms with E-state index in [-0.39, 0.29) is 29.7 Å². The molecule has 0 saturated carbocycles. The van der Waals surface area contributed by atoms with Gasteiger partial charge in [0.15, 0.2) is 0 Å². The van der Waals surface area contributed by atoms with Gasteiger partial charge in [0.05, 0.1) is 17.7 Å². The smallest absolute Gasteiger partial charge is 0.336 e. The van der Waals surface area contributed by atoms with Crippen molar-refractivity contribution in [2.75, 3.05) is 6.61 Å². The minimum absolute atomic E-state index is 0.0307. The quantitative estimate of drug-likeness (QED) is 0.352. The molecule has 6 nitrogen and oxygen atoms in total. The lowest BCUT2D eigenvalue weighted by Gasteiger charge is -2.15. The van der Waals surface area contributed by atoms with Crippen LogP contribution >= 0.6 is 0 Å². The lowest BCUT2D eigenvalue weighted by atomic mass is 9.91. The van der Waals surface area contributed by atoms with Gasteiger partial charge in [0.1, 0.15) is 0 Å². The highest BCUT2D eigenvalue weighted by atomic mass is 16.5. The van der Waals surface area contributed by atoms with Gasteiger partial charge in [-0.15, -0.1) is 0 Å². The molecule has 6 heteroatoms. The Bertz CT molecular complexity index is 690. The van der Waals surface area contributed by atoms with Crippen molar-refractivity contribution in [3.8, 4) is 0 Å². The highest BCUT2D eigenvalue weighted by Gasteiger charge is 2.23. The number of aromatic carboxylic acids is 2. The Morgan fingerprint density at radius 3 is 2.27 bits per heavy atom. The Morgan fingerprint density at radius 1 is 1.04 bits per heavy atom. The first-order chi connectivity index (χ1) is 12.3. The maximum absolute atomic E-state index is 11.7. The summed E-state index contributed by atoms with van der Waals surface area (Å²) in [4.78, 5) is 34.6. The Labute approximate surface area is 153 Å².